The largest absolute Gasteiger partial charge is 0.309 e. The first-order valence-corrected chi connectivity index (χ1v) is 7.49. The Bertz CT molecular complexity index is 531. The number of hydrogen-bond donors (Lipinski definition) is 1. The molecule has 0 bridgehead atoms. The average molecular weight is 397 g/mol. The van der Waals surface area contributed by atoms with E-state index in [1.807, 2.05) is 6.07 Å². The van der Waals surface area contributed by atoms with E-state index in [0.29, 0.717) is 5.56 Å². The van der Waals surface area contributed by atoms with Gasteiger partial charge < -0.3 is 5.32 Å². The smallest absolute Gasteiger partial charge is 0.126 e. The van der Waals surface area contributed by atoms with Gasteiger partial charge in [-0.25, -0.2) is 8.78 Å². The second kappa shape index (κ2) is 5.77. The van der Waals surface area contributed by atoms with Crippen molar-refractivity contribution in [1.82, 2.24) is 5.32 Å². The summed E-state index contributed by atoms with van der Waals surface area (Å²) in [5.74, 6) is -1.14. The molecule has 1 aromatic heterocycles. The summed E-state index contributed by atoms with van der Waals surface area (Å²) in [6.07, 6.45) is 0. The molecule has 2 rings (SSSR count). The molecule has 0 amide bonds. The quantitative estimate of drug-likeness (QED) is 0.781. The van der Waals surface area contributed by atoms with E-state index in [1.165, 1.54) is 23.5 Å². The highest BCUT2D eigenvalue weighted by Crippen LogP contribution is 2.37. The van der Waals surface area contributed by atoms with Crippen LogP contribution in [0.2, 0.25) is 0 Å². The zero-order valence-corrected chi connectivity index (χ0v) is 13.3. The summed E-state index contributed by atoms with van der Waals surface area (Å²) < 4.78 is 28.4. The maximum atomic E-state index is 13.2. The van der Waals surface area contributed by atoms with Crippen LogP contribution in [0.25, 0.3) is 0 Å². The maximum Gasteiger partial charge on any atom is 0.126 e. The topological polar surface area (TPSA) is 12.0 Å². The number of thiophene rings is 1. The zero-order chi connectivity index (χ0) is 13.3. The van der Waals surface area contributed by atoms with Crippen LogP contribution >= 0.6 is 43.2 Å². The van der Waals surface area contributed by atoms with Gasteiger partial charge in [0, 0.05) is 15.4 Å². The standard InChI is InChI=1S/C12H9Br2F2NS/c1-17-11(10-5-9(13)12(14)18-10)6-2-7(15)4-8(16)3-6/h2-5,11,17H,1H3. The van der Waals surface area contributed by atoms with E-state index in [0.717, 1.165) is 19.2 Å². The van der Waals surface area contributed by atoms with Crippen molar-refractivity contribution < 1.29 is 8.78 Å². The molecule has 0 radical (unpaired) electrons. The fourth-order valence-corrected chi connectivity index (χ4v) is 3.95. The molecule has 1 atom stereocenters. The van der Waals surface area contributed by atoms with E-state index in [9.17, 15) is 8.78 Å². The minimum atomic E-state index is -0.570. The predicted molar refractivity (Wildman–Crippen MR) is 77.0 cm³/mol. The summed E-state index contributed by atoms with van der Waals surface area (Å²) in [5.41, 5.74) is 0.566. The third-order valence-corrected chi connectivity index (χ3v) is 5.78. The number of rotatable bonds is 3. The Morgan fingerprint density at radius 1 is 1.11 bits per heavy atom. The van der Waals surface area contributed by atoms with Gasteiger partial charge in [0.1, 0.15) is 11.6 Å². The summed E-state index contributed by atoms with van der Waals surface area (Å²) in [4.78, 5) is 0.973. The van der Waals surface area contributed by atoms with Gasteiger partial charge >= 0.3 is 0 Å². The molecule has 2 aromatic rings. The summed E-state index contributed by atoms with van der Waals surface area (Å²) >= 11 is 8.33. The molecule has 0 spiro atoms. The van der Waals surface area contributed by atoms with Crippen molar-refractivity contribution in [3.05, 3.63) is 54.6 Å². The molecular formula is C12H9Br2F2NS. The van der Waals surface area contributed by atoms with Crippen molar-refractivity contribution in [2.45, 2.75) is 6.04 Å². The van der Waals surface area contributed by atoms with Crippen LogP contribution in [-0.2, 0) is 0 Å². The summed E-state index contributed by atoms with van der Waals surface area (Å²) in [6.45, 7) is 0. The number of hydrogen-bond acceptors (Lipinski definition) is 2. The van der Waals surface area contributed by atoms with Crippen LogP contribution in [0.3, 0.4) is 0 Å². The third-order valence-electron chi connectivity index (χ3n) is 2.46. The molecule has 1 aromatic carbocycles. The molecule has 96 valence electrons. The molecule has 0 saturated carbocycles. The van der Waals surface area contributed by atoms with E-state index in [4.69, 9.17) is 0 Å². The molecule has 0 saturated heterocycles. The molecule has 0 fully saturated rings. The monoisotopic (exact) mass is 395 g/mol. The zero-order valence-electron chi connectivity index (χ0n) is 9.31. The first-order chi connectivity index (χ1) is 8.51. The Morgan fingerprint density at radius 2 is 1.72 bits per heavy atom. The second-order valence-electron chi connectivity index (χ2n) is 3.69. The van der Waals surface area contributed by atoms with Crippen LogP contribution in [0.5, 0.6) is 0 Å². The van der Waals surface area contributed by atoms with Crippen LogP contribution in [0.4, 0.5) is 8.78 Å². The fraction of sp³-hybridized carbons (Fsp3) is 0.167. The lowest BCUT2D eigenvalue weighted by Gasteiger charge is -2.15. The van der Waals surface area contributed by atoms with Crippen LogP contribution in [-0.4, -0.2) is 7.05 Å². The maximum absolute atomic E-state index is 13.2. The van der Waals surface area contributed by atoms with Crippen molar-refractivity contribution in [2.75, 3.05) is 7.05 Å². The Hall–Kier alpha value is -0.300. The van der Waals surface area contributed by atoms with Crippen LogP contribution in [0.1, 0.15) is 16.5 Å². The minimum absolute atomic E-state index is 0.234. The van der Waals surface area contributed by atoms with Crippen molar-refractivity contribution in [3.8, 4) is 0 Å². The van der Waals surface area contributed by atoms with Gasteiger partial charge in [0.05, 0.1) is 9.83 Å². The molecule has 0 aliphatic heterocycles. The number of nitrogens with one attached hydrogen (secondary N) is 1. The Labute approximate surface area is 124 Å². The van der Waals surface area contributed by atoms with E-state index in [-0.39, 0.29) is 6.04 Å². The van der Waals surface area contributed by atoms with Gasteiger partial charge in [-0.05, 0) is 62.7 Å². The van der Waals surface area contributed by atoms with E-state index in [1.54, 1.807) is 7.05 Å². The minimum Gasteiger partial charge on any atom is -0.309 e. The number of halogens is 4. The first kappa shape index (κ1) is 14.1. The SMILES string of the molecule is CNC(c1cc(F)cc(F)c1)c1cc(Br)c(Br)s1. The molecule has 0 aliphatic rings. The van der Waals surface area contributed by atoms with Crippen LogP contribution < -0.4 is 5.32 Å². The highest BCUT2D eigenvalue weighted by atomic mass is 79.9. The van der Waals surface area contributed by atoms with Crippen molar-refractivity contribution in [2.24, 2.45) is 0 Å². The van der Waals surface area contributed by atoms with Gasteiger partial charge in [-0.3, -0.25) is 0 Å². The Balaban J connectivity index is 2.44. The van der Waals surface area contributed by atoms with Gasteiger partial charge in [-0.1, -0.05) is 0 Å². The molecule has 1 nitrogen and oxygen atoms in total. The van der Waals surface area contributed by atoms with Crippen molar-refractivity contribution in [1.29, 1.82) is 0 Å². The second-order valence-corrected chi connectivity index (χ2v) is 6.95. The highest BCUT2D eigenvalue weighted by Gasteiger charge is 2.17. The summed E-state index contributed by atoms with van der Waals surface area (Å²) in [7, 11) is 1.76. The molecular weight excluding hydrogens is 388 g/mol. The summed E-state index contributed by atoms with van der Waals surface area (Å²) in [6, 6.07) is 5.25. The van der Waals surface area contributed by atoms with E-state index >= 15 is 0 Å². The van der Waals surface area contributed by atoms with Gasteiger partial charge in [0.2, 0.25) is 0 Å². The molecule has 1 unspecified atom stereocenters. The highest BCUT2D eigenvalue weighted by molar-refractivity contribution is 9.13. The van der Waals surface area contributed by atoms with Gasteiger partial charge in [0.25, 0.3) is 0 Å². The number of benzene rings is 1. The van der Waals surface area contributed by atoms with Gasteiger partial charge in [-0.15, -0.1) is 11.3 Å². The molecule has 1 N–H and O–H groups in total. The normalized spacial score (nSPS) is 12.7. The molecule has 18 heavy (non-hydrogen) atoms. The lowest BCUT2D eigenvalue weighted by molar-refractivity contribution is 0.572. The first-order valence-electron chi connectivity index (χ1n) is 5.09. The van der Waals surface area contributed by atoms with E-state index in [2.05, 4.69) is 37.2 Å². The van der Waals surface area contributed by atoms with Crippen LogP contribution in [0, 0.1) is 11.6 Å². The average Bonchev–Trinajstić information content (AvgIpc) is 2.58. The molecule has 0 aliphatic carbocycles. The third kappa shape index (κ3) is 2.99. The lowest BCUT2D eigenvalue weighted by atomic mass is 10.1. The lowest BCUT2D eigenvalue weighted by Crippen LogP contribution is -2.16. The van der Waals surface area contributed by atoms with Crippen LogP contribution in [0.15, 0.2) is 32.5 Å². The van der Waals surface area contributed by atoms with Gasteiger partial charge in [0.15, 0.2) is 0 Å². The van der Waals surface area contributed by atoms with E-state index < -0.39 is 11.6 Å². The van der Waals surface area contributed by atoms with Gasteiger partial charge in [-0.2, -0.15) is 0 Å². The fourth-order valence-electron chi connectivity index (χ4n) is 1.72. The Morgan fingerprint density at radius 3 is 2.17 bits per heavy atom. The van der Waals surface area contributed by atoms with Crippen molar-refractivity contribution >= 4 is 43.2 Å². The molecule has 6 heteroatoms. The van der Waals surface area contributed by atoms with Crippen molar-refractivity contribution in [3.63, 3.8) is 0 Å². The molecule has 1 heterocycles. The Kier molecular flexibility index (Phi) is 4.53. The summed E-state index contributed by atoms with van der Waals surface area (Å²) in [5, 5.41) is 3.07. The predicted octanol–water partition coefficient (Wildman–Crippen LogP) is 4.86.